The fourth-order valence-corrected chi connectivity index (χ4v) is 4.00. The summed E-state index contributed by atoms with van der Waals surface area (Å²) in [4.78, 5) is 19.4. The van der Waals surface area contributed by atoms with Gasteiger partial charge in [-0.25, -0.2) is 9.07 Å². The van der Waals surface area contributed by atoms with Crippen molar-refractivity contribution < 1.29 is 13.9 Å². The van der Waals surface area contributed by atoms with Gasteiger partial charge in [0.15, 0.2) is 0 Å². The van der Waals surface area contributed by atoms with Crippen molar-refractivity contribution >= 4 is 11.9 Å². The Morgan fingerprint density at radius 1 is 1.10 bits per heavy atom. The molecular weight excluding hydrogens is 383 g/mol. The third-order valence-electron chi connectivity index (χ3n) is 5.43. The van der Waals surface area contributed by atoms with Crippen LogP contribution in [0.2, 0.25) is 0 Å². The number of methoxy groups -OCH3 is 1. The number of rotatable bonds is 5. The maximum Gasteiger partial charge on any atom is 0.231 e. The number of carbonyl (C=O) groups is 1. The van der Waals surface area contributed by atoms with Crippen LogP contribution in [0.3, 0.4) is 0 Å². The van der Waals surface area contributed by atoms with E-state index in [9.17, 15) is 9.18 Å². The average Bonchev–Trinajstić information content (AvgIpc) is 3.22. The number of carbonyl (C=O) groups excluding carboxylic acids is 1. The molecule has 0 saturated heterocycles. The van der Waals surface area contributed by atoms with Crippen molar-refractivity contribution in [2.24, 2.45) is 5.92 Å². The van der Waals surface area contributed by atoms with Crippen LogP contribution in [0.15, 0.2) is 54.9 Å². The Balaban J connectivity index is 1.80. The molecule has 7 heteroatoms. The predicted molar refractivity (Wildman–Crippen MR) is 112 cm³/mol. The molecule has 0 bridgehead atoms. The van der Waals surface area contributed by atoms with Crippen LogP contribution in [0.1, 0.15) is 49.9 Å². The van der Waals surface area contributed by atoms with Crippen LogP contribution in [-0.4, -0.2) is 27.8 Å². The van der Waals surface area contributed by atoms with Crippen LogP contribution < -0.4 is 9.64 Å². The van der Waals surface area contributed by atoms with Gasteiger partial charge < -0.3 is 4.74 Å². The molecule has 1 aliphatic heterocycles. The number of hydrogen-bond acceptors (Lipinski definition) is 4. The molecule has 1 aromatic heterocycles. The monoisotopic (exact) mass is 408 g/mol. The van der Waals surface area contributed by atoms with Gasteiger partial charge in [0.1, 0.15) is 17.9 Å². The molecule has 1 aliphatic rings. The fraction of sp³-hybridized carbons (Fsp3) is 0.348. The van der Waals surface area contributed by atoms with Crippen LogP contribution in [0.4, 0.5) is 10.3 Å². The molecule has 6 nitrogen and oxygen atoms in total. The third-order valence-corrected chi connectivity index (χ3v) is 5.43. The van der Waals surface area contributed by atoms with E-state index in [1.807, 2.05) is 38.1 Å². The molecule has 156 valence electrons. The summed E-state index contributed by atoms with van der Waals surface area (Å²) in [5, 5.41) is 4.40. The van der Waals surface area contributed by atoms with E-state index in [1.54, 1.807) is 28.8 Å². The van der Waals surface area contributed by atoms with E-state index < -0.39 is 0 Å². The van der Waals surface area contributed by atoms with Crippen molar-refractivity contribution in [2.75, 3.05) is 12.0 Å². The molecule has 0 unspecified atom stereocenters. The lowest BCUT2D eigenvalue weighted by molar-refractivity contribution is -0.120. The highest BCUT2D eigenvalue weighted by atomic mass is 19.1. The number of anilines is 1. The largest absolute Gasteiger partial charge is 0.497 e. The second kappa shape index (κ2) is 8.26. The highest BCUT2D eigenvalue weighted by Crippen LogP contribution is 2.42. The molecule has 2 atom stereocenters. The van der Waals surface area contributed by atoms with Gasteiger partial charge in [0, 0.05) is 6.42 Å². The van der Waals surface area contributed by atoms with Gasteiger partial charge >= 0.3 is 0 Å². The summed E-state index contributed by atoms with van der Waals surface area (Å²) in [7, 11) is 1.63. The fourth-order valence-electron chi connectivity index (χ4n) is 4.00. The van der Waals surface area contributed by atoms with E-state index in [-0.39, 0.29) is 29.7 Å². The second-order valence-corrected chi connectivity index (χ2v) is 7.96. The quantitative estimate of drug-likeness (QED) is 0.622. The summed E-state index contributed by atoms with van der Waals surface area (Å²) in [6.45, 7) is 4.05. The van der Waals surface area contributed by atoms with Crippen LogP contribution in [-0.2, 0) is 4.79 Å². The lowest BCUT2D eigenvalue weighted by Gasteiger charge is -2.39. The van der Waals surface area contributed by atoms with E-state index >= 15 is 0 Å². The molecule has 2 aromatic carbocycles. The van der Waals surface area contributed by atoms with Gasteiger partial charge in [-0.15, -0.1) is 0 Å². The SMILES string of the molecule is COc1ccc([C@H]2C[C@H](c3ccc(F)cc3)n3ncnc3N2C(=O)CC(C)C)cc1. The van der Waals surface area contributed by atoms with Gasteiger partial charge in [0.25, 0.3) is 0 Å². The van der Waals surface area contributed by atoms with Crippen molar-refractivity contribution in [2.45, 2.75) is 38.8 Å². The number of amides is 1. The molecule has 1 amide bonds. The number of halogens is 1. The number of fused-ring (bicyclic) bond motifs is 1. The molecule has 0 saturated carbocycles. The third kappa shape index (κ3) is 3.79. The zero-order valence-corrected chi connectivity index (χ0v) is 17.3. The van der Waals surface area contributed by atoms with Crippen LogP contribution in [0, 0.1) is 11.7 Å². The van der Waals surface area contributed by atoms with Gasteiger partial charge in [0.05, 0.1) is 19.2 Å². The number of benzene rings is 2. The number of hydrogen-bond donors (Lipinski definition) is 0. The average molecular weight is 408 g/mol. The molecular formula is C23H25FN4O2. The molecule has 30 heavy (non-hydrogen) atoms. The maximum atomic E-state index is 13.5. The lowest BCUT2D eigenvalue weighted by atomic mass is 9.91. The number of ether oxygens (including phenoxy) is 1. The Labute approximate surface area is 175 Å². The molecule has 4 rings (SSSR count). The molecule has 0 radical (unpaired) electrons. The van der Waals surface area contributed by atoms with Crippen LogP contribution in [0.25, 0.3) is 0 Å². The summed E-state index contributed by atoms with van der Waals surface area (Å²) in [5.74, 6) is 1.22. The van der Waals surface area contributed by atoms with E-state index in [0.717, 1.165) is 16.9 Å². The van der Waals surface area contributed by atoms with E-state index in [2.05, 4.69) is 10.1 Å². The summed E-state index contributed by atoms with van der Waals surface area (Å²) in [5.41, 5.74) is 1.92. The topological polar surface area (TPSA) is 60.2 Å². The summed E-state index contributed by atoms with van der Waals surface area (Å²) >= 11 is 0. The second-order valence-electron chi connectivity index (χ2n) is 7.96. The van der Waals surface area contributed by atoms with Gasteiger partial charge in [-0.1, -0.05) is 38.1 Å². The zero-order valence-electron chi connectivity index (χ0n) is 17.3. The van der Waals surface area contributed by atoms with Crippen LogP contribution in [0.5, 0.6) is 5.75 Å². The molecule has 0 N–H and O–H groups in total. The smallest absolute Gasteiger partial charge is 0.231 e. The zero-order chi connectivity index (χ0) is 21.3. The highest BCUT2D eigenvalue weighted by molar-refractivity contribution is 5.93. The minimum atomic E-state index is -0.284. The Hall–Kier alpha value is -3.22. The minimum absolute atomic E-state index is 0.0117. The van der Waals surface area contributed by atoms with Crippen molar-refractivity contribution in [3.63, 3.8) is 0 Å². The van der Waals surface area contributed by atoms with Gasteiger partial charge in [-0.2, -0.15) is 10.1 Å². The number of nitrogens with zero attached hydrogens (tertiary/aromatic N) is 4. The van der Waals surface area contributed by atoms with Crippen molar-refractivity contribution in [1.82, 2.24) is 14.8 Å². The van der Waals surface area contributed by atoms with Gasteiger partial charge in [-0.3, -0.25) is 9.69 Å². The van der Waals surface area contributed by atoms with E-state index in [4.69, 9.17) is 4.74 Å². The summed E-state index contributed by atoms with van der Waals surface area (Å²) < 4.78 is 20.5. The highest BCUT2D eigenvalue weighted by Gasteiger charge is 2.39. The van der Waals surface area contributed by atoms with Gasteiger partial charge in [0.2, 0.25) is 11.9 Å². The molecule has 3 aromatic rings. The van der Waals surface area contributed by atoms with E-state index in [0.29, 0.717) is 18.8 Å². The first-order valence-electron chi connectivity index (χ1n) is 10.1. The molecule has 2 heterocycles. The molecule has 0 aliphatic carbocycles. The first-order valence-corrected chi connectivity index (χ1v) is 10.1. The Morgan fingerprint density at radius 3 is 2.37 bits per heavy atom. The maximum absolute atomic E-state index is 13.5. The lowest BCUT2D eigenvalue weighted by Crippen LogP contribution is -2.43. The van der Waals surface area contributed by atoms with Crippen LogP contribution >= 0.6 is 0 Å². The summed E-state index contributed by atoms with van der Waals surface area (Å²) in [6.07, 6.45) is 2.50. The minimum Gasteiger partial charge on any atom is -0.497 e. The van der Waals surface area contributed by atoms with E-state index in [1.165, 1.54) is 18.5 Å². The van der Waals surface area contributed by atoms with Crippen molar-refractivity contribution in [3.05, 3.63) is 71.8 Å². The number of aromatic nitrogens is 3. The summed E-state index contributed by atoms with van der Waals surface area (Å²) in [6, 6.07) is 13.8. The van der Waals surface area contributed by atoms with Crippen molar-refractivity contribution in [1.29, 1.82) is 0 Å². The standard InChI is InChI=1S/C23H25FN4O2/c1-15(2)12-22(29)27-20(16-6-10-19(30-3)11-7-16)13-21(28-23(27)25-14-26-28)17-4-8-18(24)9-5-17/h4-11,14-15,20-21H,12-13H2,1-3H3/t20-,21-/m1/s1. The Kier molecular flexibility index (Phi) is 5.53. The van der Waals surface area contributed by atoms with Crippen molar-refractivity contribution in [3.8, 4) is 5.75 Å². The molecule has 0 spiro atoms. The predicted octanol–water partition coefficient (Wildman–Crippen LogP) is 4.54. The Morgan fingerprint density at radius 2 is 1.73 bits per heavy atom. The Bertz CT molecular complexity index is 1010. The van der Waals surface area contributed by atoms with Gasteiger partial charge in [-0.05, 0) is 47.7 Å². The normalized spacial score (nSPS) is 18.4. The first-order chi connectivity index (χ1) is 14.5. The molecule has 0 fully saturated rings. The first kappa shape index (κ1) is 20.1.